The molecule has 2 rings (SSSR count). The van der Waals surface area contributed by atoms with Gasteiger partial charge in [0, 0.05) is 31.9 Å². The van der Waals surface area contributed by atoms with Crippen molar-refractivity contribution < 1.29 is 4.79 Å². The van der Waals surface area contributed by atoms with E-state index in [1.807, 2.05) is 18.0 Å². The van der Waals surface area contributed by atoms with Gasteiger partial charge in [-0.15, -0.1) is 0 Å². The summed E-state index contributed by atoms with van der Waals surface area (Å²) in [4.78, 5) is 18.5. The molecule has 0 aliphatic carbocycles. The third kappa shape index (κ3) is 2.81. The topological polar surface area (TPSA) is 45.2 Å². The fourth-order valence-electron chi connectivity index (χ4n) is 2.71. The Morgan fingerprint density at radius 3 is 2.67 bits per heavy atom. The highest BCUT2D eigenvalue weighted by Gasteiger charge is 2.26. The minimum atomic E-state index is 0.118. The zero-order valence-corrected chi connectivity index (χ0v) is 11.3. The molecule has 1 N–H and O–H groups in total. The van der Waals surface area contributed by atoms with Crippen LogP contribution in [0.25, 0.3) is 0 Å². The first-order valence-electron chi connectivity index (χ1n) is 6.53. The summed E-state index contributed by atoms with van der Waals surface area (Å²) in [6, 6.07) is 3.60. The molecule has 1 aromatic heterocycles. The number of carbonyl (C=O) groups excluding carboxylic acids is 1. The van der Waals surface area contributed by atoms with Gasteiger partial charge in [0.1, 0.15) is 5.82 Å². The van der Waals surface area contributed by atoms with Crippen LogP contribution >= 0.6 is 0 Å². The van der Waals surface area contributed by atoms with Crippen molar-refractivity contribution in [1.82, 2.24) is 9.88 Å². The molecular weight excluding hydrogens is 226 g/mol. The van der Waals surface area contributed by atoms with Gasteiger partial charge in [-0.25, -0.2) is 4.98 Å². The van der Waals surface area contributed by atoms with Crippen molar-refractivity contribution in [3.8, 4) is 0 Å². The van der Waals surface area contributed by atoms with Gasteiger partial charge in [-0.05, 0) is 30.4 Å². The van der Waals surface area contributed by atoms with Crippen LogP contribution in [0.5, 0.6) is 0 Å². The van der Waals surface area contributed by atoms with E-state index in [2.05, 4.69) is 24.1 Å². The largest absolute Gasteiger partial charge is 0.373 e. The lowest BCUT2D eigenvalue weighted by Gasteiger charge is -2.35. The predicted molar refractivity (Wildman–Crippen MR) is 72.6 cm³/mol. The monoisotopic (exact) mass is 247 g/mol. The number of hydrogen-bond acceptors (Lipinski definition) is 3. The summed E-state index contributed by atoms with van der Waals surface area (Å²) in [7, 11) is 1.81. The fourth-order valence-corrected chi connectivity index (χ4v) is 2.71. The number of pyridine rings is 1. The molecule has 1 amide bonds. The van der Waals surface area contributed by atoms with Crippen LogP contribution in [0.15, 0.2) is 18.3 Å². The van der Waals surface area contributed by atoms with Crippen LogP contribution < -0.4 is 5.32 Å². The van der Waals surface area contributed by atoms with Crippen LogP contribution in [0.2, 0.25) is 0 Å². The number of aromatic nitrogens is 1. The van der Waals surface area contributed by atoms with Gasteiger partial charge < -0.3 is 10.2 Å². The molecule has 2 atom stereocenters. The molecule has 0 aromatic carbocycles. The van der Waals surface area contributed by atoms with E-state index in [9.17, 15) is 4.79 Å². The molecule has 1 fully saturated rings. The van der Waals surface area contributed by atoms with Gasteiger partial charge in [-0.3, -0.25) is 4.79 Å². The van der Waals surface area contributed by atoms with Crippen molar-refractivity contribution >= 4 is 11.7 Å². The van der Waals surface area contributed by atoms with Crippen molar-refractivity contribution in [2.24, 2.45) is 11.8 Å². The van der Waals surface area contributed by atoms with Gasteiger partial charge >= 0.3 is 0 Å². The molecule has 1 aliphatic rings. The minimum absolute atomic E-state index is 0.118. The van der Waals surface area contributed by atoms with E-state index in [4.69, 9.17) is 0 Å². The van der Waals surface area contributed by atoms with E-state index in [-0.39, 0.29) is 5.91 Å². The van der Waals surface area contributed by atoms with Crippen molar-refractivity contribution in [1.29, 1.82) is 0 Å². The fraction of sp³-hybridized carbons (Fsp3) is 0.571. The van der Waals surface area contributed by atoms with Crippen LogP contribution in [-0.2, 0) is 0 Å². The highest BCUT2D eigenvalue weighted by molar-refractivity contribution is 5.94. The van der Waals surface area contributed by atoms with Crippen molar-refractivity contribution in [2.45, 2.75) is 20.3 Å². The zero-order valence-electron chi connectivity index (χ0n) is 11.3. The Labute approximate surface area is 108 Å². The SMILES string of the molecule is CNc1cc(C(=O)N2CC(C)CC(C)C2)ccn1. The van der Waals surface area contributed by atoms with Crippen LogP contribution in [0, 0.1) is 11.8 Å². The molecule has 2 unspecified atom stereocenters. The molecule has 1 saturated heterocycles. The first-order chi connectivity index (χ1) is 8.60. The molecule has 2 heterocycles. The van der Waals surface area contributed by atoms with Gasteiger partial charge in [-0.2, -0.15) is 0 Å². The van der Waals surface area contributed by atoms with Crippen molar-refractivity contribution in [3.05, 3.63) is 23.9 Å². The average Bonchev–Trinajstić information content (AvgIpc) is 2.37. The average molecular weight is 247 g/mol. The zero-order chi connectivity index (χ0) is 13.1. The lowest BCUT2D eigenvalue weighted by atomic mass is 9.91. The molecule has 4 nitrogen and oxygen atoms in total. The van der Waals surface area contributed by atoms with E-state index in [1.165, 1.54) is 6.42 Å². The Kier molecular flexibility index (Phi) is 3.84. The van der Waals surface area contributed by atoms with Crippen LogP contribution in [0.1, 0.15) is 30.6 Å². The van der Waals surface area contributed by atoms with Gasteiger partial charge in [0.05, 0.1) is 0 Å². The maximum atomic E-state index is 12.4. The number of nitrogens with zero attached hydrogens (tertiary/aromatic N) is 2. The standard InChI is InChI=1S/C14H21N3O/c1-10-6-11(2)9-17(8-10)14(18)12-4-5-16-13(7-12)15-3/h4-5,7,10-11H,6,8-9H2,1-3H3,(H,15,16). The predicted octanol–water partition coefficient (Wildman–Crippen LogP) is 2.24. The normalized spacial score (nSPS) is 23.8. The third-order valence-corrected chi connectivity index (χ3v) is 3.42. The van der Waals surface area contributed by atoms with Crippen LogP contribution in [0.3, 0.4) is 0 Å². The Morgan fingerprint density at radius 1 is 1.39 bits per heavy atom. The third-order valence-electron chi connectivity index (χ3n) is 3.42. The number of nitrogens with one attached hydrogen (secondary N) is 1. The first kappa shape index (κ1) is 12.9. The second-order valence-corrected chi connectivity index (χ2v) is 5.34. The first-order valence-corrected chi connectivity index (χ1v) is 6.53. The molecule has 0 bridgehead atoms. The van der Waals surface area contributed by atoms with Crippen LogP contribution in [0.4, 0.5) is 5.82 Å². The molecule has 98 valence electrons. The summed E-state index contributed by atoms with van der Waals surface area (Å²) in [5.41, 5.74) is 0.718. The van der Waals surface area contributed by atoms with Gasteiger partial charge in [-0.1, -0.05) is 13.8 Å². The quantitative estimate of drug-likeness (QED) is 0.871. The van der Waals surface area contributed by atoms with E-state index in [0.29, 0.717) is 11.8 Å². The van der Waals surface area contributed by atoms with Gasteiger partial charge in [0.25, 0.3) is 5.91 Å². The molecule has 18 heavy (non-hydrogen) atoms. The van der Waals surface area contributed by atoms with E-state index >= 15 is 0 Å². The molecule has 1 aliphatic heterocycles. The number of rotatable bonds is 2. The highest BCUT2D eigenvalue weighted by Crippen LogP contribution is 2.22. The highest BCUT2D eigenvalue weighted by atomic mass is 16.2. The Bertz CT molecular complexity index is 423. The number of piperidine rings is 1. The lowest BCUT2D eigenvalue weighted by Crippen LogP contribution is -2.42. The summed E-state index contributed by atoms with van der Waals surface area (Å²) in [6.45, 7) is 6.14. The lowest BCUT2D eigenvalue weighted by molar-refractivity contribution is 0.0623. The minimum Gasteiger partial charge on any atom is -0.373 e. The summed E-state index contributed by atoms with van der Waals surface area (Å²) < 4.78 is 0. The smallest absolute Gasteiger partial charge is 0.254 e. The maximum Gasteiger partial charge on any atom is 0.254 e. The van der Waals surface area contributed by atoms with E-state index in [1.54, 1.807) is 12.3 Å². The molecule has 0 radical (unpaired) electrons. The van der Waals surface area contributed by atoms with Gasteiger partial charge in [0.15, 0.2) is 0 Å². The number of hydrogen-bond donors (Lipinski definition) is 1. The number of amides is 1. The summed E-state index contributed by atoms with van der Waals surface area (Å²) in [5, 5.41) is 2.96. The van der Waals surface area contributed by atoms with Crippen molar-refractivity contribution in [3.63, 3.8) is 0 Å². The second-order valence-electron chi connectivity index (χ2n) is 5.34. The molecule has 0 spiro atoms. The Morgan fingerprint density at radius 2 is 2.06 bits per heavy atom. The summed E-state index contributed by atoms with van der Waals surface area (Å²) in [6.07, 6.45) is 2.89. The Balaban J connectivity index is 2.14. The van der Waals surface area contributed by atoms with E-state index in [0.717, 1.165) is 24.5 Å². The molecular formula is C14H21N3O. The number of carbonyl (C=O) groups is 1. The Hall–Kier alpha value is -1.58. The number of anilines is 1. The summed E-state index contributed by atoms with van der Waals surface area (Å²) in [5.74, 6) is 2.03. The van der Waals surface area contributed by atoms with Crippen LogP contribution in [-0.4, -0.2) is 35.9 Å². The number of likely N-dealkylation sites (tertiary alicyclic amines) is 1. The summed E-state index contributed by atoms with van der Waals surface area (Å²) >= 11 is 0. The maximum absolute atomic E-state index is 12.4. The second kappa shape index (κ2) is 5.38. The molecule has 4 heteroatoms. The van der Waals surface area contributed by atoms with E-state index < -0.39 is 0 Å². The van der Waals surface area contributed by atoms with Crippen molar-refractivity contribution in [2.75, 3.05) is 25.5 Å². The van der Waals surface area contributed by atoms with Gasteiger partial charge in [0.2, 0.25) is 0 Å². The molecule has 1 aromatic rings. The molecule has 0 saturated carbocycles.